The van der Waals surface area contributed by atoms with Crippen molar-refractivity contribution in [3.63, 3.8) is 0 Å². The number of carbonyl (C=O) groups is 2. The lowest BCUT2D eigenvalue weighted by atomic mass is 9.81. The Hall–Kier alpha value is -2.70. The molecule has 2 aromatic heterocycles. The number of para-hydroxylation sites is 1. The van der Waals surface area contributed by atoms with Crippen molar-refractivity contribution in [2.24, 2.45) is 5.92 Å². The van der Waals surface area contributed by atoms with Crippen LogP contribution in [0.4, 0.5) is 0 Å². The van der Waals surface area contributed by atoms with Crippen LogP contribution in [0.1, 0.15) is 42.2 Å². The first-order chi connectivity index (χ1) is 14.9. The monoisotopic (exact) mass is 449 g/mol. The van der Waals surface area contributed by atoms with E-state index in [1.54, 1.807) is 40.9 Å². The molecule has 4 nitrogen and oxygen atoms in total. The lowest BCUT2D eigenvalue weighted by molar-refractivity contribution is -0.129. The third-order valence-corrected chi connectivity index (χ3v) is 8.29. The minimum Gasteiger partial charge on any atom is -0.507 e. The van der Waals surface area contributed by atoms with Gasteiger partial charge in [0.05, 0.1) is 11.6 Å². The molecular weight excluding hydrogens is 426 g/mol. The van der Waals surface area contributed by atoms with Gasteiger partial charge in [-0.05, 0) is 68.3 Å². The van der Waals surface area contributed by atoms with Crippen LogP contribution < -0.4 is 0 Å². The zero-order chi connectivity index (χ0) is 21.7. The second-order valence-electron chi connectivity index (χ2n) is 8.23. The Morgan fingerprint density at radius 1 is 1.06 bits per heavy atom. The number of aryl methyl sites for hydroxylation is 2. The molecule has 6 heteroatoms. The highest BCUT2D eigenvalue weighted by molar-refractivity contribution is 7.12. The van der Waals surface area contributed by atoms with Crippen LogP contribution in [0.25, 0.3) is 6.08 Å². The van der Waals surface area contributed by atoms with Crippen molar-refractivity contribution >= 4 is 40.4 Å². The molecule has 4 heterocycles. The van der Waals surface area contributed by atoms with E-state index in [9.17, 15) is 14.7 Å². The summed E-state index contributed by atoms with van der Waals surface area (Å²) in [5, 5.41) is 10.3. The van der Waals surface area contributed by atoms with Gasteiger partial charge >= 0.3 is 0 Å². The first kappa shape index (κ1) is 20.2. The van der Waals surface area contributed by atoms with Gasteiger partial charge in [0.1, 0.15) is 11.7 Å². The summed E-state index contributed by atoms with van der Waals surface area (Å²) in [6.07, 6.45) is 3.03. The van der Waals surface area contributed by atoms with E-state index in [1.165, 1.54) is 21.4 Å². The molecule has 0 radical (unpaired) electrons. The fraction of sp³-hybridized carbons (Fsp3) is 0.280. The van der Waals surface area contributed by atoms with Crippen LogP contribution in [0.2, 0.25) is 0 Å². The van der Waals surface area contributed by atoms with Gasteiger partial charge in [0.25, 0.3) is 0 Å². The predicted molar refractivity (Wildman–Crippen MR) is 125 cm³/mol. The summed E-state index contributed by atoms with van der Waals surface area (Å²) in [5.74, 6) is -1.54. The van der Waals surface area contributed by atoms with E-state index in [-0.39, 0.29) is 35.0 Å². The number of hydrogen-bond donors (Lipinski definition) is 1. The number of rotatable bonds is 4. The fourth-order valence-corrected chi connectivity index (χ4v) is 6.77. The normalized spacial score (nSPS) is 24.2. The largest absolute Gasteiger partial charge is 0.507 e. The molecular formula is C25H23NO3S2. The SMILES string of the molecule is Cc1ccc(/C=C2\CCN3C(=O)[C@H](C(=O)c4ccccc4O)[C@@H](c4ccc(C)s4)C23)s1. The predicted octanol–water partition coefficient (Wildman–Crippen LogP) is 5.41. The summed E-state index contributed by atoms with van der Waals surface area (Å²) in [4.78, 5) is 33.6. The minimum atomic E-state index is -0.815. The zero-order valence-corrected chi connectivity index (χ0v) is 19.0. The van der Waals surface area contributed by atoms with Gasteiger partial charge < -0.3 is 10.0 Å². The van der Waals surface area contributed by atoms with E-state index in [1.807, 2.05) is 11.8 Å². The molecule has 3 atom stereocenters. The van der Waals surface area contributed by atoms with E-state index in [4.69, 9.17) is 0 Å². The van der Waals surface area contributed by atoms with Gasteiger partial charge in [-0.25, -0.2) is 0 Å². The summed E-state index contributed by atoms with van der Waals surface area (Å²) in [7, 11) is 0. The summed E-state index contributed by atoms with van der Waals surface area (Å²) in [6.45, 7) is 4.76. The Morgan fingerprint density at radius 3 is 2.48 bits per heavy atom. The summed E-state index contributed by atoms with van der Waals surface area (Å²) < 4.78 is 0. The van der Waals surface area contributed by atoms with E-state index in [2.05, 4.69) is 37.3 Å². The molecule has 2 aliphatic heterocycles. The van der Waals surface area contributed by atoms with Crippen molar-refractivity contribution in [2.75, 3.05) is 6.54 Å². The summed E-state index contributed by atoms with van der Waals surface area (Å²) >= 11 is 3.39. The molecule has 0 saturated carbocycles. The molecule has 1 N–H and O–H groups in total. The highest BCUT2D eigenvalue weighted by Gasteiger charge is 2.55. The van der Waals surface area contributed by atoms with Crippen molar-refractivity contribution in [2.45, 2.75) is 32.2 Å². The molecule has 2 fully saturated rings. The second-order valence-corrected chi connectivity index (χ2v) is 10.9. The van der Waals surface area contributed by atoms with E-state index in [0.29, 0.717) is 6.54 Å². The van der Waals surface area contributed by atoms with E-state index in [0.717, 1.165) is 16.2 Å². The molecule has 5 rings (SSSR count). The number of phenolic OH excluding ortho intramolecular Hbond substituents is 1. The topological polar surface area (TPSA) is 57.6 Å². The van der Waals surface area contributed by atoms with Gasteiger partial charge in [0.2, 0.25) is 5.91 Å². The molecule has 2 aliphatic rings. The average Bonchev–Trinajstić information content (AvgIpc) is 3.50. The van der Waals surface area contributed by atoms with Crippen LogP contribution in [0.5, 0.6) is 5.75 Å². The standard InChI is InChI=1S/C25H23NO3S2/c1-14-7-9-17(30-14)13-16-11-12-26-23(16)21(20-10-8-15(2)31-20)22(25(26)29)24(28)18-5-3-4-6-19(18)27/h3-10,13,21-23,27H,11-12H2,1-2H3/b16-13+/t21-,22+,23?/m1/s1. The minimum absolute atomic E-state index is 0.0710. The molecule has 31 heavy (non-hydrogen) atoms. The number of amides is 1. The Kier molecular flexibility index (Phi) is 5.07. The highest BCUT2D eigenvalue weighted by Crippen LogP contribution is 2.50. The Bertz CT molecular complexity index is 1200. The number of fused-ring (bicyclic) bond motifs is 1. The molecule has 0 bridgehead atoms. The molecule has 1 aromatic carbocycles. The second kappa shape index (κ2) is 7.77. The smallest absolute Gasteiger partial charge is 0.234 e. The van der Waals surface area contributed by atoms with E-state index < -0.39 is 5.92 Å². The number of hydrogen-bond acceptors (Lipinski definition) is 5. The number of benzene rings is 1. The van der Waals surface area contributed by atoms with E-state index >= 15 is 0 Å². The molecule has 158 valence electrons. The van der Waals surface area contributed by atoms with Gasteiger partial charge in [-0.15, -0.1) is 22.7 Å². The first-order valence-corrected chi connectivity index (χ1v) is 12.0. The van der Waals surface area contributed by atoms with Gasteiger partial charge in [0.15, 0.2) is 5.78 Å². The maximum atomic E-state index is 13.5. The third-order valence-electron chi connectivity index (χ3n) is 6.24. The van der Waals surface area contributed by atoms with Crippen LogP contribution in [-0.4, -0.2) is 34.3 Å². The Labute approximate surface area is 189 Å². The fourth-order valence-electron chi connectivity index (χ4n) is 4.87. The molecule has 1 amide bonds. The van der Waals surface area contributed by atoms with Crippen LogP contribution in [0.3, 0.4) is 0 Å². The molecule has 0 aliphatic carbocycles. The zero-order valence-electron chi connectivity index (χ0n) is 17.4. The number of ketones is 1. The van der Waals surface area contributed by atoms with Crippen molar-refractivity contribution in [3.8, 4) is 5.75 Å². The maximum Gasteiger partial charge on any atom is 0.234 e. The van der Waals surface area contributed by atoms with Crippen LogP contribution in [-0.2, 0) is 4.79 Å². The molecule has 2 saturated heterocycles. The average molecular weight is 450 g/mol. The molecule has 0 spiro atoms. The van der Waals surface area contributed by atoms with Crippen LogP contribution in [0, 0.1) is 19.8 Å². The van der Waals surface area contributed by atoms with Gasteiger partial charge in [-0.1, -0.05) is 12.1 Å². The van der Waals surface area contributed by atoms with Crippen LogP contribution in [0.15, 0.2) is 54.1 Å². The van der Waals surface area contributed by atoms with Gasteiger partial charge in [-0.3, -0.25) is 9.59 Å². The van der Waals surface area contributed by atoms with Crippen LogP contribution >= 0.6 is 22.7 Å². The lowest BCUT2D eigenvalue weighted by Gasteiger charge is -2.22. The first-order valence-electron chi connectivity index (χ1n) is 10.4. The van der Waals surface area contributed by atoms with Gasteiger partial charge in [0, 0.05) is 32.0 Å². The maximum absolute atomic E-state index is 13.5. The quantitative estimate of drug-likeness (QED) is 0.428. The lowest BCUT2D eigenvalue weighted by Crippen LogP contribution is -2.31. The summed E-state index contributed by atoms with van der Waals surface area (Å²) in [6, 6.07) is 14.7. The number of Topliss-reactive ketones (excluding diaryl/α,β-unsaturated/α-hetero) is 1. The number of phenols is 1. The summed E-state index contributed by atoms with van der Waals surface area (Å²) in [5.41, 5.74) is 1.43. The highest BCUT2D eigenvalue weighted by atomic mass is 32.1. The number of carbonyl (C=O) groups excluding carboxylic acids is 2. The van der Waals surface area contributed by atoms with Crippen molar-refractivity contribution < 1.29 is 14.7 Å². The third kappa shape index (κ3) is 3.44. The van der Waals surface area contributed by atoms with Crippen molar-refractivity contribution in [1.82, 2.24) is 4.90 Å². The molecule has 3 aromatic rings. The number of thiophene rings is 2. The Morgan fingerprint density at radius 2 is 1.81 bits per heavy atom. The molecule has 1 unspecified atom stereocenters. The van der Waals surface area contributed by atoms with Crippen molar-refractivity contribution in [3.05, 3.63) is 79.2 Å². The van der Waals surface area contributed by atoms with Gasteiger partial charge in [-0.2, -0.15) is 0 Å². The number of aromatic hydroxyl groups is 1. The number of nitrogens with zero attached hydrogens (tertiary/aromatic N) is 1. The Balaban J connectivity index is 1.61. The van der Waals surface area contributed by atoms with Crippen molar-refractivity contribution in [1.29, 1.82) is 0 Å².